The predicted octanol–water partition coefficient (Wildman–Crippen LogP) is 8.61. The maximum Gasteiger partial charge on any atom is 0.416 e. The molecule has 4 nitrogen and oxygen atoms in total. The average Bonchev–Trinajstić information content (AvgIpc) is 2.93. The van der Waals surface area contributed by atoms with Gasteiger partial charge in [0, 0.05) is 34.1 Å². The van der Waals surface area contributed by atoms with Gasteiger partial charge in [0.1, 0.15) is 5.75 Å². The van der Waals surface area contributed by atoms with Gasteiger partial charge in [-0.3, -0.25) is 4.98 Å². The second-order valence-corrected chi connectivity index (χ2v) is 10.8. The van der Waals surface area contributed by atoms with Crippen molar-refractivity contribution in [2.24, 2.45) is 0 Å². The standard InChI is InChI=1S/C33H36F3N3O/c1-24-19-31(29-13-6-7-14-30(29)38-24)39-27-20-26(33(34,35)36)21-28(22-27)40-18-10-17-37-32(15-8-3-9-16-32)23-25-11-4-2-5-12-25/h2,4-7,11-14,19-22,37H,3,8-10,15-18,23H2,1H3,(H,38,39). The van der Waals surface area contributed by atoms with Crippen LogP contribution in [0.15, 0.2) is 78.9 Å². The van der Waals surface area contributed by atoms with E-state index in [0.29, 0.717) is 24.4 Å². The topological polar surface area (TPSA) is 46.2 Å². The molecule has 4 aromatic rings. The molecule has 1 aromatic heterocycles. The summed E-state index contributed by atoms with van der Waals surface area (Å²) >= 11 is 0. The molecule has 0 aliphatic heterocycles. The molecule has 1 heterocycles. The maximum absolute atomic E-state index is 13.8. The smallest absolute Gasteiger partial charge is 0.416 e. The highest BCUT2D eigenvalue weighted by Crippen LogP contribution is 2.36. The Kier molecular flexibility index (Phi) is 8.60. The van der Waals surface area contributed by atoms with E-state index in [-0.39, 0.29) is 11.3 Å². The number of halogens is 3. The van der Waals surface area contributed by atoms with Crippen molar-refractivity contribution in [3.05, 3.63) is 95.7 Å². The van der Waals surface area contributed by atoms with E-state index in [1.54, 1.807) is 6.07 Å². The molecule has 0 radical (unpaired) electrons. The molecule has 210 valence electrons. The third-order valence-electron chi connectivity index (χ3n) is 7.64. The Hall–Kier alpha value is -3.58. The molecule has 40 heavy (non-hydrogen) atoms. The Morgan fingerprint density at radius 3 is 2.42 bits per heavy atom. The first-order valence-electron chi connectivity index (χ1n) is 14.1. The van der Waals surface area contributed by atoms with E-state index in [9.17, 15) is 13.2 Å². The molecule has 2 N–H and O–H groups in total. The molecule has 0 saturated heterocycles. The fourth-order valence-electron chi connectivity index (χ4n) is 5.73. The van der Waals surface area contributed by atoms with E-state index < -0.39 is 11.7 Å². The quantitative estimate of drug-likeness (QED) is 0.195. The van der Waals surface area contributed by atoms with E-state index in [1.807, 2.05) is 43.3 Å². The summed E-state index contributed by atoms with van der Waals surface area (Å²) < 4.78 is 47.2. The third kappa shape index (κ3) is 7.13. The minimum Gasteiger partial charge on any atom is -0.493 e. The average molecular weight is 548 g/mol. The van der Waals surface area contributed by atoms with E-state index in [1.165, 1.54) is 24.8 Å². The molecule has 0 unspecified atom stereocenters. The van der Waals surface area contributed by atoms with Crippen LogP contribution in [-0.4, -0.2) is 23.7 Å². The summed E-state index contributed by atoms with van der Waals surface area (Å²) in [7, 11) is 0. The summed E-state index contributed by atoms with van der Waals surface area (Å²) in [5, 5.41) is 7.81. The van der Waals surface area contributed by atoms with Crippen LogP contribution in [0.5, 0.6) is 5.75 Å². The van der Waals surface area contributed by atoms with Crippen LogP contribution >= 0.6 is 0 Å². The van der Waals surface area contributed by atoms with Gasteiger partial charge in [0.15, 0.2) is 0 Å². The zero-order valence-electron chi connectivity index (χ0n) is 22.9. The summed E-state index contributed by atoms with van der Waals surface area (Å²) in [6.07, 6.45) is 3.15. The second kappa shape index (κ2) is 12.3. The van der Waals surface area contributed by atoms with Gasteiger partial charge in [-0.2, -0.15) is 13.2 Å². The number of benzene rings is 3. The Bertz CT molecular complexity index is 1420. The summed E-state index contributed by atoms with van der Waals surface area (Å²) in [6.45, 7) is 2.94. The first-order valence-corrected chi connectivity index (χ1v) is 14.1. The predicted molar refractivity (Wildman–Crippen MR) is 155 cm³/mol. The summed E-state index contributed by atoms with van der Waals surface area (Å²) in [6, 6.07) is 23.8. The number of para-hydroxylation sites is 1. The molecule has 1 saturated carbocycles. The van der Waals surface area contributed by atoms with E-state index in [2.05, 4.69) is 39.9 Å². The highest BCUT2D eigenvalue weighted by molar-refractivity contribution is 5.93. The monoisotopic (exact) mass is 547 g/mol. The van der Waals surface area contributed by atoms with Gasteiger partial charge >= 0.3 is 6.18 Å². The van der Waals surface area contributed by atoms with Crippen molar-refractivity contribution in [2.75, 3.05) is 18.5 Å². The van der Waals surface area contributed by atoms with Crippen LogP contribution < -0.4 is 15.4 Å². The maximum atomic E-state index is 13.8. The van der Waals surface area contributed by atoms with Crippen molar-refractivity contribution in [1.29, 1.82) is 0 Å². The van der Waals surface area contributed by atoms with Gasteiger partial charge < -0.3 is 15.4 Å². The number of ether oxygens (including phenoxy) is 1. The fourth-order valence-corrected chi connectivity index (χ4v) is 5.73. The molecule has 7 heteroatoms. The van der Waals surface area contributed by atoms with Gasteiger partial charge in [-0.1, -0.05) is 67.8 Å². The molecule has 1 aliphatic rings. The highest BCUT2D eigenvalue weighted by Gasteiger charge is 2.32. The van der Waals surface area contributed by atoms with E-state index >= 15 is 0 Å². The third-order valence-corrected chi connectivity index (χ3v) is 7.64. The molecule has 1 aliphatic carbocycles. The molecule has 1 fully saturated rings. The van der Waals surface area contributed by atoms with Crippen LogP contribution in [0, 0.1) is 6.92 Å². The van der Waals surface area contributed by atoms with Crippen molar-refractivity contribution in [1.82, 2.24) is 10.3 Å². The minimum atomic E-state index is -4.49. The van der Waals surface area contributed by atoms with Crippen molar-refractivity contribution in [2.45, 2.75) is 63.6 Å². The van der Waals surface area contributed by atoms with Crippen molar-refractivity contribution in [3.63, 3.8) is 0 Å². The summed E-state index contributed by atoms with van der Waals surface area (Å²) in [5.41, 5.74) is 3.23. The number of anilines is 2. The molecule has 5 rings (SSSR count). The van der Waals surface area contributed by atoms with Gasteiger partial charge in [0.25, 0.3) is 0 Å². The van der Waals surface area contributed by atoms with Crippen LogP contribution in [0.25, 0.3) is 10.9 Å². The lowest BCUT2D eigenvalue weighted by Crippen LogP contribution is -2.49. The zero-order valence-corrected chi connectivity index (χ0v) is 22.9. The normalized spacial score (nSPS) is 15.2. The molecular formula is C33H36F3N3O. The van der Waals surface area contributed by atoms with Crippen LogP contribution in [0.2, 0.25) is 0 Å². The lowest BCUT2D eigenvalue weighted by Gasteiger charge is -2.39. The first kappa shape index (κ1) is 28.0. The number of fused-ring (bicyclic) bond motifs is 1. The van der Waals surface area contributed by atoms with Crippen molar-refractivity contribution >= 4 is 22.3 Å². The Morgan fingerprint density at radius 1 is 0.900 bits per heavy atom. The van der Waals surface area contributed by atoms with E-state index in [0.717, 1.165) is 54.5 Å². The first-order chi connectivity index (χ1) is 19.3. The number of rotatable bonds is 10. The molecule has 0 atom stereocenters. The summed E-state index contributed by atoms with van der Waals surface area (Å²) in [5.74, 6) is 0.198. The Labute approximate surface area is 234 Å². The van der Waals surface area contributed by atoms with Gasteiger partial charge in [0.05, 0.1) is 17.7 Å². The van der Waals surface area contributed by atoms with Gasteiger partial charge in [-0.05, 0) is 69.0 Å². The van der Waals surface area contributed by atoms with Crippen molar-refractivity contribution < 1.29 is 17.9 Å². The molecule has 3 aromatic carbocycles. The lowest BCUT2D eigenvalue weighted by atomic mass is 9.77. The highest BCUT2D eigenvalue weighted by atomic mass is 19.4. The van der Waals surface area contributed by atoms with Crippen LogP contribution in [0.3, 0.4) is 0 Å². The number of aryl methyl sites for hydroxylation is 1. The number of pyridine rings is 1. The molecule has 0 amide bonds. The van der Waals surface area contributed by atoms with Gasteiger partial charge in [-0.15, -0.1) is 0 Å². The van der Waals surface area contributed by atoms with E-state index in [4.69, 9.17) is 4.74 Å². The van der Waals surface area contributed by atoms with Gasteiger partial charge in [-0.25, -0.2) is 0 Å². The number of hydrogen-bond acceptors (Lipinski definition) is 4. The lowest BCUT2D eigenvalue weighted by molar-refractivity contribution is -0.137. The second-order valence-electron chi connectivity index (χ2n) is 10.8. The number of nitrogens with zero attached hydrogens (tertiary/aromatic N) is 1. The number of nitrogens with one attached hydrogen (secondary N) is 2. The molecular weight excluding hydrogens is 511 g/mol. The summed E-state index contributed by atoms with van der Waals surface area (Å²) in [4.78, 5) is 4.52. The largest absolute Gasteiger partial charge is 0.493 e. The zero-order chi connectivity index (χ0) is 28.0. The number of hydrogen-bond donors (Lipinski definition) is 2. The van der Waals surface area contributed by atoms with Crippen LogP contribution in [0.1, 0.15) is 55.3 Å². The minimum absolute atomic E-state index is 0.0678. The Balaban J connectivity index is 1.25. The molecule has 0 bridgehead atoms. The van der Waals surface area contributed by atoms with Gasteiger partial charge in [0.2, 0.25) is 0 Å². The SMILES string of the molecule is Cc1cc(Nc2cc(OCCCNC3(Cc4ccccc4)CCCCC3)cc(C(F)(F)F)c2)c2ccccc2n1. The van der Waals surface area contributed by atoms with Crippen LogP contribution in [-0.2, 0) is 12.6 Å². The number of aromatic nitrogens is 1. The molecule has 0 spiro atoms. The van der Waals surface area contributed by atoms with Crippen molar-refractivity contribution in [3.8, 4) is 5.75 Å². The number of alkyl halides is 3. The van der Waals surface area contributed by atoms with Crippen LogP contribution in [0.4, 0.5) is 24.5 Å². The Morgan fingerprint density at radius 2 is 1.65 bits per heavy atom. The fraction of sp³-hybridized carbons (Fsp3) is 0.364.